The largest absolute Gasteiger partial charge is 0.353 e. The summed E-state index contributed by atoms with van der Waals surface area (Å²) in [7, 11) is 1.81. The Labute approximate surface area is 137 Å². The first-order valence-corrected chi connectivity index (χ1v) is 7.25. The van der Waals surface area contributed by atoms with Crippen LogP contribution in [0.4, 0.5) is 0 Å². The second-order valence-corrected chi connectivity index (χ2v) is 6.46. The van der Waals surface area contributed by atoms with Crippen LogP contribution < -0.4 is 10.6 Å². The number of guanidine groups is 1. The summed E-state index contributed by atoms with van der Waals surface area (Å²) in [6.07, 6.45) is 6.60. The van der Waals surface area contributed by atoms with E-state index in [0.29, 0.717) is 6.04 Å². The van der Waals surface area contributed by atoms with Gasteiger partial charge in [-0.05, 0) is 40.9 Å². The molecule has 0 saturated heterocycles. The van der Waals surface area contributed by atoms with E-state index in [4.69, 9.17) is 0 Å². The van der Waals surface area contributed by atoms with Gasteiger partial charge in [-0.1, -0.05) is 12.2 Å². The highest BCUT2D eigenvalue weighted by Gasteiger charge is 2.11. The zero-order valence-electron chi connectivity index (χ0n) is 10.1. The number of nitrogens with zero attached hydrogens (tertiary/aromatic N) is 1. The van der Waals surface area contributed by atoms with Crippen LogP contribution in [0.3, 0.4) is 0 Å². The van der Waals surface area contributed by atoms with Crippen LogP contribution >= 0.6 is 51.2 Å². The molecule has 6 heteroatoms. The SMILES string of the molecule is CN=C(NCc1ccc(Br)s1)NC1CC=CC1.I. The first kappa shape index (κ1) is 16.0. The lowest BCUT2D eigenvalue weighted by molar-refractivity contribution is 0.633. The molecule has 0 saturated carbocycles. The molecular formula is C12H17BrIN3S. The van der Waals surface area contributed by atoms with Crippen LogP contribution in [0.5, 0.6) is 0 Å². The average molecular weight is 442 g/mol. The number of thiophene rings is 1. The fourth-order valence-corrected chi connectivity index (χ4v) is 3.16. The highest BCUT2D eigenvalue weighted by molar-refractivity contribution is 14.0. The molecule has 0 fully saturated rings. The average Bonchev–Trinajstić information content (AvgIpc) is 2.96. The van der Waals surface area contributed by atoms with E-state index in [1.54, 1.807) is 11.3 Å². The van der Waals surface area contributed by atoms with E-state index in [0.717, 1.165) is 29.1 Å². The molecule has 0 amide bonds. The van der Waals surface area contributed by atoms with Crippen molar-refractivity contribution in [3.63, 3.8) is 0 Å². The number of nitrogens with one attached hydrogen (secondary N) is 2. The monoisotopic (exact) mass is 441 g/mol. The molecular weight excluding hydrogens is 425 g/mol. The molecule has 18 heavy (non-hydrogen) atoms. The van der Waals surface area contributed by atoms with Gasteiger partial charge in [0.05, 0.1) is 10.3 Å². The molecule has 100 valence electrons. The second kappa shape index (κ2) is 8.16. The Bertz CT molecular complexity index is 423. The van der Waals surface area contributed by atoms with Gasteiger partial charge in [0.25, 0.3) is 0 Å². The molecule has 1 aliphatic rings. The Morgan fingerprint density at radius 2 is 2.17 bits per heavy atom. The van der Waals surface area contributed by atoms with Crippen LogP contribution in [-0.4, -0.2) is 19.0 Å². The topological polar surface area (TPSA) is 36.4 Å². The van der Waals surface area contributed by atoms with Gasteiger partial charge in [-0.25, -0.2) is 0 Å². The van der Waals surface area contributed by atoms with E-state index >= 15 is 0 Å². The third-order valence-electron chi connectivity index (χ3n) is 2.63. The van der Waals surface area contributed by atoms with Gasteiger partial charge < -0.3 is 10.6 Å². The molecule has 0 aromatic carbocycles. The Kier molecular flexibility index (Phi) is 7.25. The van der Waals surface area contributed by atoms with E-state index in [9.17, 15) is 0 Å². The number of halogens is 2. The van der Waals surface area contributed by atoms with Gasteiger partial charge in [-0.15, -0.1) is 35.3 Å². The Morgan fingerprint density at radius 1 is 1.44 bits per heavy atom. The van der Waals surface area contributed by atoms with Crippen molar-refractivity contribution in [3.05, 3.63) is 32.9 Å². The summed E-state index contributed by atoms with van der Waals surface area (Å²) >= 11 is 5.21. The maximum absolute atomic E-state index is 4.23. The summed E-state index contributed by atoms with van der Waals surface area (Å²) in [4.78, 5) is 5.53. The zero-order valence-corrected chi connectivity index (χ0v) is 14.9. The van der Waals surface area contributed by atoms with Gasteiger partial charge in [0.1, 0.15) is 0 Å². The molecule has 0 bridgehead atoms. The minimum Gasteiger partial charge on any atom is -0.353 e. The molecule has 0 spiro atoms. The van der Waals surface area contributed by atoms with Gasteiger partial charge in [0, 0.05) is 18.0 Å². The predicted octanol–water partition coefficient (Wildman–Crippen LogP) is 3.51. The van der Waals surface area contributed by atoms with Crippen LogP contribution in [0.15, 0.2) is 33.1 Å². The van der Waals surface area contributed by atoms with Crippen LogP contribution in [0.25, 0.3) is 0 Å². The molecule has 0 aliphatic heterocycles. The lowest BCUT2D eigenvalue weighted by Crippen LogP contribution is -2.41. The van der Waals surface area contributed by atoms with E-state index in [2.05, 4.69) is 55.8 Å². The van der Waals surface area contributed by atoms with Gasteiger partial charge >= 0.3 is 0 Å². The number of hydrogen-bond donors (Lipinski definition) is 2. The van der Waals surface area contributed by atoms with Crippen molar-refractivity contribution in [3.8, 4) is 0 Å². The molecule has 3 nitrogen and oxygen atoms in total. The van der Waals surface area contributed by atoms with Crippen LogP contribution in [0.2, 0.25) is 0 Å². The molecule has 1 aromatic heterocycles. The second-order valence-electron chi connectivity index (χ2n) is 3.92. The number of rotatable bonds is 3. The van der Waals surface area contributed by atoms with Crippen molar-refractivity contribution < 1.29 is 0 Å². The molecule has 1 heterocycles. The van der Waals surface area contributed by atoms with Crippen molar-refractivity contribution >= 4 is 57.2 Å². The Hall–Kier alpha value is -0.0800. The molecule has 1 aliphatic carbocycles. The maximum atomic E-state index is 4.23. The number of hydrogen-bond acceptors (Lipinski definition) is 2. The summed E-state index contributed by atoms with van der Waals surface area (Å²) in [6.45, 7) is 0.816. The van der Waals surface area contributed by atoms with Gasteiger partial charge in [-0.2, -0.15) is 0 Å². The summed E-state index contributed by atoms with van der Waals surface area (Å²) in [5, 5.41) is 6.74. The van der Waals surface area contributed by atoms with E-state index in [1.807, 2.05) is 7.05 Å². The quantitative estimate of drug-likeness (QED) is 0.326. The predicted molar refractivity (Wildman–Crippen MR) is 92.9 cm³/mol. The lowest BCUT2D eigenvalue weighted by atomic mass is 10.2. The fraction of sp³-hybridized carbons (Fsp3) is 0.417. The molecule has 1 aromatic rings. The Balaban J connectivity index is 0.00000162. The van der Waals surface area contributed by atoms with Crippen molar-refractivity contribution in [1.29, 1.82) is 0 Å². The van der Waals surface area contributed by atoms with E-state index in [-0.39, 0.29) is 24.0 Å². The van der Waals surface area contributed by atoms with Gasteiger partial charge in [-0.3, -0.25) is 4.99 Å². The third-order valence-corrected chi connectivity index (χ3v) is 4.25. The van der Waals surface area contributed by atoms with E-state index < -0.39 is 0 Å². The van der Waals surface area contributed by atoms with Crippen LogP contribution in [0, 0.1) is 0 Å². The van der Waals surface area contributed by atoms with Crippen LogP contribution in [0.1, 0.15) is 17.7 Å². The van der Waals surface area contributed by atoms with E-state index in [1.165, 1.54) is 4.88 Å². The maximum Gasteiger partial charge on any atom is 0.191 e. The molecule has 0 unspecified atom stereocenters. The minimum absolute atomic E-state index is 0. The zero-order chi connectivity index (χ0) is 12.1. The lowest BCUT2D eigenvalue weighted by Gasteiger charge is -2.16. The summed E-state index contributed by atoms with van der Waals surface area (Å²) in [6, 6.07) is 4.68. The first-order valence-electron chi connectivity index (χ1n) is 5.64. The van der Waals surface area contributed by atoms with Crippen molar-refractivity contribution in [2.45, 2.75) is 25.4 Å². The highest BCUT2D eigenvalue weighted by atomic mass is 127. The van der Waals surface area contributed by atoms with Crippen molar-refractivity contribution in [2.75, 3.05) is 7.05 Å². The van der Waals surface area contributed by atoms with Gasteiger partial charge in [0.15, 0.2) is 5.96 Å². The first-order chi connectivity index (χ1) is 8.28. The fourth-order valence-electron chi connectivity index (χ4n) is 1.74. The van der Waals surface area contributed by atoms with Gasteiger partial charge in [0.2, 0.25) is 0 Å². The normalized spacial score (nSPS) is 15.6. The molecule has 2 N–H and O–H groups in total. The standard InChI is InChI=1S/C12H16BrN3S.HI/c1-14-12(16-9-4-2-3-5-9)15-8-10-6-7-11(13)17-10;/h2-3,6-7,9H,4-5,8H2,1H3,(H2,14,15,16);1H. The molecule has 0 atom stereocenters. The van der Waals surface area contributed by atoms with Crippen molar-refractivity contribution in [2.24, 2.45) is 4.99 Å². The third kappa shape index (κ3) is 4.89. The highest BCUT2D eigenvalue weighted by Crippen LogP contribution is 2.21. The summed E-state index contributed by atoms with van der Waals surface area (Å²) < 4.78 is 1.16. The number of aliphatic imine (C=N–C) groups is 1. The summed E-state index contributed by atoms with van der Waals surface area (Å²) in [5.41, 5.74) is 0. The van der Waals surface area contributed by atoms with Crippen molar-refractivity contribution in [1.82, 2.24) is 10.6 Å². The molecule has 2 rings (SSSR count). The Morgan fingerprint density at radius 3 is 2.72 bits per heavy atom. The smallest absolute Gasteiger partial charge is 0.191 e. The van der Waals surface area contributed by atoms with Crippen LogP contribution in [-0.2, 0) is 6.54 Å². The minimum atomic E-state index is 0. The summed E-state index contributed by atoms with van der Waals surface area (Å²) in [5.74, 6) is 0.878. The molecule has 0 radical (unpaired) electrons.